The van der Waals surface area contributed by atoms with Gasteiger partial charge in [0.25, 0.3) is 0 Å². The first-order valence-corrected chi connectivity index (χ1v) is 11.9. The first-order valence-electron chi connectivity index (χ1n) is 10.4. The summed E-state index contributed by atoms with van der Waals surface area (Å²) in [7, 11) is 0.927. The molecule has 0 saturated carbocycles. The largest absolute Gasteiger partial charge is 0.443 e. The van der Waals surface area contributed by atoms with E-state index in [4.69, 9.17) is 16.2 Å². The summed E-state index contributed by atoms with van der Waals surface area (Å²) < 4.78 is 35.9. The Bertz CT molecular complexity index is 1050. The molecule has 13 heteroatoms. The molecule has 6 N–H and O–H groups in total. The lowest BCUT2D eigenvalue weighted by atomic mass is 10.2. The molecule has 0 atom stereocenters. The van der Waals surface area contributed by atoms with Crippen molar-refractivity contribution in [3.63, 3.8) is 0 Å². The highest BCUT2D eigenvalue weighted by Crippen LogP contribution is 2.23. The highest BCUT2D eigenvalue weighted by molar-refractivity contribution is 7.87. The van der Waals surface area contributed by atoms with E-state index in [1.807, 2.05) is 48.0 Å². The second-order valence-electron chi connectivity index (χ2n) is 7.72. The fourth-order valence-electron chi connectivity index (χ4n) is 3.14. The van der Waals surface area contributed by atoms with Gasteiger partial charge in [-0.25, -0.2) is 9.52 Å². The van der Waals surface area contributed by atoms with Crippen LogP contribution in [0.15, 0.2) is 30.5 Å². The Morgan fingerprint density at radius 3 is 2.42 bits per heavy atom. The minimum Gasteiger partial charge on any atom is -0.443 e. The normalized spacial score (nSPS) is 12.0. The van der Waals surface area contributed by atoms with E-state index in [-0.39, 0.29) is 38.6 Å². The van der Waals surface area contributed by atoms with Gasteiger partial charge < -0.3 is 31.0 Å². The molecule has 0 saturated heterocycles. The molecule has 0 unspecified atom stereocenters. The van der Waals surface area contributed by atoms with Crippen LogP contribution in [0.2, 0.25) is 0 Å². The van der Waals surface area contributed by atoms with Crippen molar-refractivity contribution in [1.82, 2.24) is 23.8 Å². The molecule has 2 amide bonds. The lowest BCUT2D eigenvalue weighted by Crippen LogP contribution is -2.47. The number of ether oxygens (including phenoxy) is 1. The number of carbonyl (C=O) groups excluding carboxylic acids is 2. The van der Waals surface area contributed by atoms with Gasteiger partial charge in [-0.3, -0.25) is 4.79 Å². The van der Waals surface area contributed by atoms with E-state index >= 15 is 0 Å². The van der Waals surface area contributed by atoms with Gasteiger partial charge in [-0.2, -0.15) is 12.7 Å². The Labute approximate surface area is 194 Å². The van der Waals surface area contributed by atoms with Crippen LogP contribution >= 0.6 is 0 Å². The van der Waals surface area contributed by atoms with Crippen molar-refractivity contribution in [2.24, 2.45) is 11.5 Å². The Morgan fingerprint density at radius 2 is 1.82 bits per heavy atom. The number of benzene rings is 1. The van der Waals surface area contributed by atoms with Crippen molar-refractivity contribution in [2.45, 2.75) is 19.2 Å². The second kappa shape index (κ2) is 12.0. The maximum Gasteiger partial charge on any atom is 0.422 e. The van der Waals surface area contributed by atoms with E-state index in [1.165, 1.54) is 0 Å². The second-order valence-corrected chi connectivity index (χ2v) is 9.39. The number of aromatic nitrogens is 1. The van der Waals surface area contributed by atoms with Crippen LogP contribution in [-0.4, -0.2) is 87.6 Å². The molecular formula is C20H33N7O5S. The summed E-state index contributed by atoms with van der Waals surface area (Å²) in [6, 6.07) is 7.40. The lowest BCUT2D eigenvalue weighted by Gasteiger charge is -2.24. The van der Waals surface area contributed by atoms with Crippen molar-refractivity contribution in [3.05, 3.63) is 36.0 Å². The van der Waals surface area contributed by atoms with Gasteiger partial charge in [0.05, 0.1) is 0 Å². The zero-order valence-corrected chi connectivity index (χ0v) is 20.0. The highest BCUT2D eigenvalue weighted by Gasteiger charge is 2.27. The molecule has 2 rings (SSSR count). The summed E-state index contributed by atoms with van der Waals surface area (Å²) in [6.45, 7) is 0.543. The predicted molar refractivity (Wildman–Crippen MR) is 125 cm³/mol. The third-order valence-corrected chi connectivity index (χ3v) is 6.38. The standard InChI is InChI=1S/C20H33N7O5S/c1-23-19(28)14-26-12-15(17-6-4-5-7-18(17)26)13-27(9-8-25(2)3)33(30,31)24-20(29)32-16(10-21)11-22/h4-7,12,16H,8-11,13-14,21-22H2,1-3H3,(H,23,28)(H,24,29). The summed E-state index contributed by atoms with van der Waals surface area (Å²) in [5.41, 5.74) is 12.4. The van der Waals surface area contributed by atoms with Gasteiger partial charge in [0, 0.05) is 56.9 Å². The average molecular weight is 484 g/mol. The number of nitrogens with zero attached hydrogens (tertiary/aromatic N) is 3. The Kier molecular flexibility index (Phi) is 9.61. The summed E-state index contributed by atoms with van der Waals surface area (Å²) >= 11 is 0. The molecule has 0 aliphatic carbocycles. The SMILES string of the molecule is CNC(=O)Cn1cc(CN(CCN(C)C)S(=O)(=O)NC(=O)OC(CN)CN)c2ccccc21. The first-order chi connectivity index (χ1) is 15.6. The van der Waals surface area contributed by atoms with E-state index < -0.39 is 22.4 Å². The highest BCUT2D eigenvalue weighted by atomic mass is 32.2. The Balaban J connectivity index is 2.34. The summed E-state index contributed by atoms with van der Waals surface area (Å²) in [5, 5.41) is 3.39. The van der Waals surface area contributed by atoms with E-state index in [2.05, 4.69) is 5.32 Å². The average Bonchev–Trinajstić information content (AvgIpc) is 3.11. The fourth-order valence-corrected chi connectivity index (χ4v) is 4.16. The number of hydrogen-bond donors (Lipinski definition) is 4. The molecule has 0 aliphatic heterocycles. The smallest absolute Gasteiger partial charge is 0.422 e. The number of amides is 2. The molecule has 2 aromatic rings. The number of nitrogens with two attached hydrogens (primary N) is 2. The number of nitrogens with one attached hydrogen (secondary N) is 2. The Hall–Kier alpha value is -2.71. The molecule has 184 valence electrons. The number of carbonyl (C=O) groups is 2. The lowest BCUT2D eigenvalue weighted by molar-refractivity contribution is -0.121. The Morgan fingerprint density at radius 1 is 1.15 bits per heavy atom. The minimum atomic E-state index is -4.25. The third-order valence-electron chi connectivity index (χ3n) is 4.96. The molecule has 1 heterocycles. The van der Waals surface area contributed by atoms with Gasteiger partial charge in [-0.05, 0) is 25.7 Å². The molecule has 0 bridgehead atoms. The van der Waals surface area contributed by atoms with Crippen molar-refractivity contribution >= 4 is 33.1 Å². The number of rotatable bonds is 12. The topological polar surface area (TPSA) is 165 Å². The third kappa shape index (κ3) is 7.40. The van der Waals surface area contributed by atoms with Crippen LogP contribution in [0.4, 0.5) is 4.79 Å². The predicted octanol–water partition coefficient (Wildman–Crippen LogP) is -0.992. The molecule has 0 spiro atoms. The zero-order chi connectivity index (χ0) is 24.6. The van der Waals surface area contributed by atoms with Crippen molar-refractivity contribution in [3.8, 4) is 0 Å². The van der Waals surface area contributed by atoms with Crippen LogP contribution in [0.5, 0.6) is 0 Å². The van der Waals surface area contributed by atoms with Crippen LogP contribution in [0.1, 0.15) is 5.56 Å². The van der Waals surface area contributed by atoms with Crippen molar-refractivity contribution < 1.29 is 22.7 Å². The summed E-state index contributed by atoms with van der Waals surface area (Å²) in [4.78, 5) is 25.9. The summed E-state index contributed by atoms with van der Waals surface area (Å²) in [6.07, 6.45) is -0.194. The number of para-hydroxylation sites is 1. The summed E-state index contributed by atoms with van der Waals surface area (Å²) in [5.74, 6) is -0.182. The zero-order valence-electron chi connectivity index (χ0n) is 19.2. The van der Waals surface area contributed by atoms with Crippen LogP contribution in [0.3, 0.4) is 0 Å². The van der Waals surface area contributed by atoms with Crippen LogP contribution < -0.4 is 21.5 Å². The molecule has 0 aliphatic rings. The molecular weight excluding hydrogens is 450 g/mol. The van der Waals surface area contributed by atoms with E-state index in [1.54, 1.807) is 17.8 Å². The quantitative estimate of drug-likeness (QED) is 0.299. The minimum absolute atomic E-state index is 0.0189. The van der Waals surface area contributed by atoms with Crippen LogP contribution in [-0.2, 0) is 32.8 Å². The van der Waals surface area contributed by atoms with Gasteiger partial charge in [-0.1, -0.05) is 18.2 Å². The van der Waals surface area contributed by atoms with Crippen molar-refractivity contribution in [2.75, 3.05) is 47.3 Å². The van der Waals surface area contributed by atoms with E-state index in [9.17, 15) is 18.0 Å². The number of fused-ring (bicyclic) bond motifs is 1. The molecule has 0 radical (unpaired) electrons. The molecule has 1 aromatic heterocycles. The maximum atomic E-state index is 13.0. The van der Waals surface area contributed by atoms with Gasteiger partial charge in [0.2, 0.25) is 5.91 Å². The van der Waals surface area contributed by atoms with Crippen molar-refractivity contribution in [1.29, 1.82) is 0 Å². The van der Waals surface area contributed by atoms with Gasteiger partial charge in [0.15, 0.2) is 0 Å². The first kappa shape index (κ1) is 26.5. The van der Waals surface area contributed by atoms with Gasteiger partial charge in [0.1, 0.15) is 12.6 Å². The van der Waals surface area contributed by atoms with Gasteiger partial charge in [-0.15, -0.1) is 0 Å². The fraction of sp³-hybridized carbons (Fsp3) is 0.500. The molecule has 0 fully saturated rings. The van der Waals surface area contributed by atoms with Gasteiger partial charge >= 0.3 is 16.3 Å². The molecule has 33 heavy (non-hydrogen) atoms. The maximum absolute atomic E-state index is 13.0. The van der Waals surface area contributed by atoms with Crippen LogP contribution in [0.25, 0.3) is 10.9 Å². The van der Waals surface area contributed by atoms with E-state index in [0.717, 1.165) is 15.2 Å². The van der Waals surface area contributed by atoms with E-state index in [0.29, 0.717) is 12.1 Å². The molecule has 12 nitrogen and oxygen atoms in total. The number of likely N-dealkylation sites (N-methyl/N-ethyl adjacent to an activating group) is 2. The van der Waals surface area contributed by atoms with Crippen LogP contribution in [0, 0.1) is 0 Å². The monoisotopic (exact) mass is 483 g/mol. The number of hydrogen-bond acceptors (Lipinski definition) is 8. The molecule has 1 aromatic carbocycles.